The van der Waals surface area contributed by atoms with Gasteiger partial charge in [0.2, 0.25) is 5.91 Å². The Morgan fingerprint density at radius 2 is 1.96 bits per heavy atom. The second-order valence-corrected chi connectivity index (χ2v) is 7.46. The zero-order valence-corrected chi connectivity index (χ0v) is 16.3. The van der Waals surface area contributed by atoms with E-state index in [0.29, 0.717) is 11.9 Å². The van der Waals surface area contributed by atoms with Gasteiger partial charge in [0.15, 0.2) is 5.96 Å². The molecule has 2 aliphatic rings. The summed E-state index contributed by atoms with van der Waals surface area (Å²) >= 11 is 0. The molecule has 0 saturated carbocycles. The molecule has 1 amide bonds. The van der Waals surface area contributed by atoms with Gasteiger partial charge in [0.25, 0.3) is 0 Å². The van der Waals surface area contributed by atoms with Gasteiger partial charge in [-0.25, -0.2) is 0 Å². The predicted molar refractivity (Wildman–Crippen MR) is 108 cm³/mol. The zero-order valence-electron chi connectivity index (χ0n) is 16.3. The number of aliphatic imine (C=N–C) groups is 1. The Morgan fingerprint density at radius 1 is 1.19 bits per heavy atom. The SMILES string of the molecule is CN=C(NCC(=O)N1CCC(Cc2ccccc2)CC1)NCC1CCCO1. The van der Waals surface area contributed by atoms with Crippen molar-refractivity contribution in [3.05, 3.63) is 35.9 Å². The molecule has 27 heavy (non-hydrogen) atoms. The van der Waals surface area contributed by atoms with E-state index in [9.17, 15) is 4.79 Å². The molecule has 2 fully saturated rings. The first-order valence-electron chi connectivity index (χ1n) is 10.1. The van der Waals surface area contributed by atoms with E-state index >= 15 is 0 Å². The van der Waals surface area contributed by atoms with E-state index in [4.69, 9.17) is 4.74 Å². The molecule has 148 valence electrons. The lowest BCUT2D eigenvalue weighted by Gasteiger charge is -2.32. The number of nitrogens with zero attached hydrogens (tertiary/aromatic N) is 2. The molecule has 2 heterocycles. The summed E-state index contributed by atoms with van der Waals surface area (Å²) < 4.78 is 5.60. The molecule has 1 aromatic rings. The van der Waals surface area contributed by atoms with Gasteiger partial charge in [-0.15, -0.1) is 0 Å². The van der Waals surface area contributed by atoms with Gasteiger partial charge >= 0.3 is 0 Å². The molecular formula is C21H32N4O2. The van der Waals surface area contributed by atoms with Crippen LogP contribution in [0, 0.1) is 5.92 Å². The summed E-state index contributed by atoms with van der Waals surface area (Å²) in [6, 6.07) is 10.6. The highest BCUT2D eigenvalue weighted by molar-refractivity contribution is 5.86. The van der Waals surface area contributed by atoms with Crippen LogP contribution in [0.25, 0.3) is 0 Å². The van der Waals surface area contributed by atoms with Gasteiger partial charge in [-0.2, -0.15) is 0 Å². The maximum Gasteiger partial charge on any atom is 0.241 e. The molecule has 2 saturated heterocycles. The van der Waals surface area contributed by atoms with E-state index in [1.54, 1.807) is 7.05 Å². The maximum absolute atomic E-state index is 12.5. The maximum atomic E-state index is 12.5. The van der Waals surface area contributed by atoms with Crippen LogP contribution in [0.5, 0.6) is 0 Å². The molecule has 0 aromatic heterocycles. The number of carbonyl (C=O) groups excluding carboxylic acids is 1. The number of nitrogens with one attached hydrogen (secondary N) is 2. The van der Waals surface area contributed by atoms with Crippen molar-refractivity contribution in [1.82, 2.24) is 15.5 Å². The molecule has 2 N–H and O–H groups in total. The molecule has 3 rings (SSSR count). The summed E-state index contributed by atoms with van der Waals surface area (Å²) in [5, 5.41) is 6.38. The second kappa shape index (κ2) is 10.3. The highest BCUT2D eigenvalue weighted by Crippen LogP contribution is 2.21. The monoisotopic (exact) mass is 372 g/mol. The summed E-state index contributed by atoms with van der Waals surface area (Å²) in [5.41, 5.74) is 1.39. The van der Waals surface area contributed by atoms with Crippen molar-refractivity contribution >= 4 is 11.9 Å². The number of amides is 1. The third-order valence-corrected chi connectivity index (χ3v) is 5.49. The number of likely N-dealkylation sites (tertiary alicyclic amines) is 1. The first-order valence-corrected chi connectivity index (χ1v) is 10.1. The molecule has 2 aliphatic heterocycles. The average molecular weight is 373 g/mol. The van der Waals surface area contributed by atoms with Crippen LogP contribution in [0.1, 0.15) is 31.2 Å². The highest BCUT2D eigenvalue weighted by Gasteiger charge is 2.23. The van der Waals surface area contributed by atoms with Crippen LogP contribution < -0.4 is 10.6 Å². The van der Waals surface area contributed by atoms with Crippen molar-refractivity contribution in [1.29, 1.82) is 0 Å². The van der Waals surface area contributed by atoms with E-state index in [2.05, 4.69) is 46.0 Å². The Bertz CT molecular complexity index is 606. The van der Waals surface area contributed by atoms with Crippen molar-refractivity contribution in [2.24, 2.45) is 10.9 Å². The van der Waals surface area contributed by atoms with E-state index in [-0.39, 0.29) is 18.6 Å². The van der Waals surface area contributed by atoms with Crippen molar-refractivity contribution in [2.75, 3.05) is 39.8 Å². The summed E-state index contributed by atoms with van der Waals surface area (Å²) in [6.07, 6.45) is 5.72. The predicted octanol–water partition coefficient (Wildman–Crippen LogP) is 1.81. The molecular weight excluding hydrogens is 340 g/mol. The van der Waals surface area contributed by atoms with Crippen LogP contribution in [0.4, 0.5) is 0 Å². The molecule has 0 spiro atoms. The molecule has 6 heteroatoms. The van der Waals surface area contributed by atoms with Gasteiger partial charge in [-0.05, 0) is 43.6 Å². The van der Waals surface area contributed by atoms with Crippen molar-refractivity contribution in [3.8, 4) is 0 Å². The standard InChI is InChI=1S/C21H32N4O2/c1-22-21(23-15-19-8-5-13-27-19)24-16-20(26)25-11-9-18(10-12-25)14-17-6-3-2-4-7-17/h2-4,6-7,18-19H,5,8-16H2,1H3,(H2,22,23,24). The number of hydrogen-bond donors (Lipinski definition) is 2. The van der Waals surface area contributed by atoms with Gasteiger partial charge in [0.05, 0.1) is 12.6 Å². The highest BCUT2D eigenvalue weighted by atomic mass is 16.5. The Balaban J connectivity index is 1.34. The lowest BCUT2D eigenvalue weighted by atomic mass is 9.90. The number of carbonyl (C=O) groups is 1. The van der Waals surface area contributed by atoms with Gasteiger partial charge in [0.1, 0.15) is 0 Å². The largest absolute Gasteiger partial charge is 0.376 e. The van der Waals surface area contributed by atoms with Crippen LogP contribution in [-0.2, 0) is 16.0 Å². The fourth-order valence-corrected chi connectivity index (χ4v) is 3.84. The lowest BCUT2D eigenvalue weighted by molar-refractivity contribution is -0.131. The second-order valence-electron chi connectivity index (χ2n) is 7.46. The van der Waals surface area contributed by atoms with E-state index < -0.39 is 0 Å². The minimum Gasteiger partial charge on any atom is -0.376 e. The number of benzene rings is 1. The Labute approximate surface area is 162 Å². The molecule has 0 radical (unpaired) electrons. The van der Waals surface area contributed by atoms with E-state index in [0.717, 1.165) is 58.3 Å². The number of guanidine groups is 1. The van der Waals surface area contributed by atoms with Crippen molar-refractivity contribution in [3.63, 3.8) is 0 Å². The summed E-state index contributed by atoms with van der Waals surface area (Å²) in [6.45, 7) is 3.56. The minimum atomic E-state index is 0.147. The number of piperidine rings is 1. The Hall–Kier alpha value is -2.08. The summed E-state index contributed by atoms with van der Waals surface area (Å²) in [7, 11) is 1.73. The normalized spacial score (nSPS) is 21.3. The smallest absolute Gasteiger partial charge is 0.241 e. The first kappa shape index (κ1) is 19.7. The van der Waals surface area contributed by atoms with Gasteiger partial charge in [-0.1, -0.05) is 30.3 Å². The van der Waals surface area contributed by atoms with Crippen LogP contribution in [0.3, 0.4) is 0 Å². The molecule has 1 aromatic carbocycles. The van der Waals surface area contributed by atoms with E-state index in [1.807, 2.05) is 4.90 Å². The minimum absolute atomic E-state index is 0.147. The Kier molecular flexibility index (Phi) is 7.51. The van der Waals surface area contributed by atoms with Crippen LogP contribution in [0.2, 0.25) is 0 Å². The first-order chi connectivity index (χ1) is 13.2. The van der Waals surface area contributed by atoms with Gasteiger partial charge < -0.3 is 20.3 Å². The van der Waals surface area contributed by atoms with Crippen LogP contribution in [-0.4, -0.2) is 62.7 Å². The quantitative estimate of drug-likeness (QED) is 0.590. The van der Waals surface area contributed by atoms with Gasteiger partial charge in [0, 0.05) is 33.3 Å². The molecule has 1 unspecified atom stereocenters. The molecule has 6 nitrogen and oxygen atoms in total. The lowest BCUT2D eigenvalue weighted by Crippen LogP contribution is -2.48. The summed E-state index contributed by atoms with van der Waals surface area (Å²) in [5.74, 6) is 1.48. The number of ether oxygens (including phenoxy) is 1. The van der Waals surface area contributed by atoms with Crippen molar-refractivity contribution < 1.29 is 9.53 Å². The van der Waals surface area contributed by atoms with E-state index in [1.165, 1.54) is 5.56 Å². The van der Waals surface area contributed by atoms with Crippen LogP contribution >= 0.6 is 0 Å². The Morgan fingerprint density at radius 3 is 2.63 bits per heavy atom. The third-order valence-electron chi connectivity index (χ3n) is 5.49. The average Bonchev–Trinajstić information content (AvgIpc) is 3.23. The van der Waals surface area contributed by atoms with Crippen LogP contribution in [0.15, 0.2) is 35.3 Å². The third kappa shape index (κ3) is 6.24. The molecule has 0 aliphatic carbocycles. The number of rotatable bonds is 6. The molecule has 1 atom stereocenters. The molecule has 0 bridgehead atoms. The van der Waals surface area contributed by atoms with Crippen molar-refractivity contribution in [2.45, 2.75) is 38.2 Å². The van der Waals surface area contributed by atoms with Gasteiger partial charge in [-0.3, -0.25) is 9.79 Å². The number of hydrogen-bond acceptors (Lipinski definition) is 3. The summed E-state index contributed by atoms with van der Waals surface area (Å²) in [4.78, 5) is 18.7. The zero-order chi connectivity index (χ0) is 18.9. The fraction of sp³-hybridized carbons (Fsp3) is 0.619. The fourth-order valence-electron chi connectivity index (χ4n) is 3.84. The topological polar surface area (TPSA) is 66.0 Å².